The highest BCUT2D eigenvalue weighted by atomic mass is 32.1. The lowest BCUT2D eigenvalue weighted by molar-refractivity contribution is 0.660. The number of fused-ring (bicyclic) bond motifs is 12. The maximum absolute atomic E-state index is 2.46. The summed E-state index contributed by atoms with van der Waals surface area (Å²) in [7, 11) is 0. The van der Waals surface area contributed by atoms with Gasteiger partial charge in [0.2, 0.25) is 0 Å². The Morgan fingerprint density at radius 1 is 0.370 bits per heavy atom. The molecule has 54 heavy (non-hydrogen) atoms. The van der Waals surface area contributed by atoms with Crippen LogP contribution in [0.5, 0.6) is 0 Å². The summed E-state index contributed by atoms with van der Waals surface area (Å²) in [5.41, 5.74) is 15.2. The van der Waals surface area contributed by atoms with E-state index in [1.165, 1.54) is 109 Å². The zero-order valence-electron chi connectivity index (χ0n) is 30.0. The van der Waals surface area contributed by atoms with Crippen LogP contribution < -0.4 is 0 Å². The molecule has 254 valence electrons. The molecule has 0 N–H and O–H groups in total. The van der Waals surface area contributed by atoms with E-state index in [1.807, 2.05) is 11.3 Å². The fraction of sp³-hybridized carbons (Fsp3) is 0.0588. The van der Waals surface area contributed by atoms with Gasteiger partial charge in [0, 0.05) is 58.5 Å². The quantitative estimate of drug-likeness (QED) is 0.173. The van der Waals surface area contributed by atoms with Gasteiger partial charge in [0.25, 0.3) is 0 Å². The Balaban J connectivity index is 1.02. The minimum absolute atomic E-state index is 0.0549. The van der Waals surface area contributed by atoms with Crippen molar-refractivity contribution in [2.45, 2.75) is 19.3 Å². The molecule has 0 saturated heterocycles. The molecule has 8 aromatic carbocycles. The highest BCUT2D eigenvalue weighted by Gasteiger charge is 2.35. The normalized spacial score (nSPS) is 13.5. The highest BCUT2D eigenvalue weighted by Crippen LogP contribution is 2.49. The standard InChI is InChI=1S/C51H34N2S/c1-51(2)43-15-7-3-11-35(43)36-23-21-34(30-44(36)51)53-46-17-9-5-13-38(46)41-28-32(20-25-48(41)53)31-19-24-47-40(27-31)37-12-4-8-16-45(37)52(47)33-22-26-50-42(29-33)39-14-6-10-18-49(39)54-50/h3-30H,1-2H3. The van der Waals surface area contributed by atoms with Crippen molar-refractivity contribution >= 4 is 75.1 Å². The summed E-state index contributed by atoms with van der Waals surface area (Å²) >= 11 is 1.87. The molecule has 0 spiro atoms. The van der Waals surface area contributed by atoms with E-state index in [9.17, 15) is 0 Å². The second kappa shape index (κ2) is 10.8. The smallest absolute Gasteiger partial charge is 0.0541 e. The first kappa shape index (κ1) is 30.1. The minimum Gasteiger partial charge on any atom is -0.309 e. The van der Waals surface area contributed by atoms with Gasteiger partial charge < -0.3 is 9.13 Å². The molecule has 0 bridgehead atoms. The fourth-order valence-corrected chi connectivity index (χ4v) is 10.6. The zero-order chi connectivity index (χ0) is 35.7. The first-order valence-corrected chi connectivity index (χ1v) is 19.6. The van der Waals surface area contributed by atoms with E-state index in [1.54, 1.807) is 0 Å². The van der Waals surface area contributed by atoms with Gasteiger partial charge in [0.1, 0.15) is 0 Å². The molecular formula is C51H34N2S. The Labute approximate surface area is 316 Å². The van der Waals surface area contributed by atoms with Crippen molar-refractivity contribution in [2.24, 2.45) is 0 Å². The number of hydrogen-bond acceptors (Lipinski definition) is 1. The van der Waals surface area contributed by atoms with Crippen molar-refractivity contribution in [3.05, 3.63) is 181 Å². The summed E-state index contributed by atoms with van der Waals surface area (Å²) in [6.07, 6.45) is 0. The Morgan fingerprint density at radius 2 is 0.889 bits per heavy atom. The van der Waals surface area contributed by atoms with Crippen LogP contribution in [-0.2, 0) is 5.41 Å². The van der Waals surface area contributed by atoms with Gasteiger partial charge in [-0.25, -0.2) is 0 Å². The molecule has 3 aromatic heterocycles. The van der Waals surface area contributed by atoms with Crippen LogP contribution in [0.1, 0.15) is 25.0 Å². The third-order valence-electron chi connectivity index (χ3n) is 12.1. The number of thiophene rings is 1. The van der Waals surface area contributed by atoms with Crippen molar-refractivity contribution in [1.29, 1.82) is 0 Å². The molecule has 3 heterocycles. The summed E-state index contributed by atoms with van der Waals surface area (Å²) in [5, 5.41) is 7.71. The largest absolute Gasteiger partial charge is 0.309 e. The zero-order valence-corrected chi connectivity index (χ0v) is 30.8. The molecule has 3 heteroatoms. The van der Waals surface area contributed by atoms with Gasteiger partial charge in [-0.3, -0.25) is 0 Å². The molecule has 1 aliphatic rings. The van der Waals surface area contributed by atoms with Crippen LogP contribution in [-0.4, -0.2) is 9.13 Å². The molecule has 2 nitrogen and oxygen atoms in total. The predicted octanol–water partition coefficient (Wildman–Crippen LogP) is 14.2. The van der Waals surface area contributed by atoms with Crippen LogP contribution >= 0.6 is 11.3 Å². The number of rotatable bonds is 3. The van der Waals surface area contributed by atoms with E-state index in [-0.39, 0.29) is 5.41 Å². The summed E-state index contributed by atoms with van der Waals surface area (Å²) in [6.45, 7) is 4.72. The van der Waals surface area contributed by atoms with Crippen LogP contribution in [0, 0.1) is 0 Å². The molecule has 0 saturated carbocycles. The molecule has 0 aliphatic heterocycles. The third kappa shape index (κ3) is 4.05. The van der Waals surface area contributed by atoms with E-state index in [4.69, 9.17) is 0 Å². The average molecular weight is 707 g/mol. The summed E-state index contributed by atoms with van der Waals surface area (Å²) in [5.74, 6) is 0. The molecule has 1 aliphatic carbocycles. The number of aromatic nitrogens is 2. The average Bonchev–Trinajstić information content (AvgIpc) is 3.92. The van der Waals surface area contributed by atoms with E-state index in [0.29, 0.717) is 0 Å². The predicted molar refractivity (Wildman–Crippen MR) is 231 cm³/mol. The van der Waals surface area contributed by atoms with Crippen molar-refractivity contribution in [2.75, 3.05) is 0 Å². The van der Waals surface area contributed by atoms with Gasteiger partial charge in [0.05, 0.1) is 22.1 Å². The number of nitrogens with zero attached hydrogens (tertiary/aromatic N) is 2. The summed E-state index contributed by atoms with van der Waals surface area (Å²) < 4.78 is 7.55. The topological polar surface area (TPSA) is 9.86 Å². The molecular weight excluding hydrogens is 673 g/mol. The van der Waals surface area contributed by atoms with E-state index >= 15 is 0 Å². The van der Waals surface area contributed by atoms with E-state index < -0.39 is 0 Å². The minimum atomic E-state index is -0.0549. The molecule has 0 fully saturated rings. The lowest BCUT2D eigenvalue weighted by Crippen LogP contribution is -2.15. The van der Waals surface area contributed by atoms with Gasteiger partial charge in [0.15, 0.2) is 0 Å². The first-order valence-electron chi connectivity index (χ1n) is 18.8. The molecule has 12 rings (SSSR count). The van der Waals surface area contributed by atoms with E-state index in [2.05, 4.69) is 193 Å². The Hall–Kier alpha value is -6.42. The molecule has 0 atom stereocenters. The molecule has 11 aromatic rings. The first-order chi connectivity index (χ1) is 26.5. The van der Waals surface area contributed by atoms with Crippen LogP contribution in [0.25, 0.3) is 97.4 Å². The van der Waals surface area contributed by atoms with Gasteiger partial charge in [-0.1, -0.05) is 111 Å². The monoisotopic (exact) mass is 706 g/mol. The number of benzene rings is 8. The maximum atomic E-state index is 2.46. The summed E-state index contributed by atoms with van der Waals surface area (Å²) in [6, 6.07) is 63.4. The van der Waals surface area contributed by atoms with Crippen molar-refractivity contribution < 1.29 is 0 Å². The molecule has 0 unspecified atom stereocenters. The van der Waals surface area contributed by atoms with Crippen LogP contribution in [0.15, 0.2) is 170 Å². The Morgan fingerprint density at radius 3 is 1.59 bits per heavy atom. The number of hydrogen-bond donors (Lipinski definition) is 0. The lowest BCUT2D eigenvalue weighted by atomic mass is 9.82. The van der Waals surface area contributed by atoms with Crippen molar-refractivity contribution in [3.8, 4) is 33.6 Å². The van der Waals surface area contributed by atoms with Crippen molar-refractivity contribution in [3.63, 3.8) is 0 Å². The molecule has 0 radical (unpaired) electrons. The van der Waals surface area contributed by atoms with Crippen LogP contribution in [0.2, 0.25) is 0 Å². The SMILES string of the molecule is CC1(C)c2ccccc2-c2ccc(-n3c4ccccc4c4cc(-c5ccc6c(c5)c5ccccc5n6-c5ccc6sc7ccccc7c6c5)ccc43)cc21. The van der Waals surface area contributed by atoms with Crippen LogP contribution in [0.4, 0.5) is 0 Å². The molecule has 0 amide bonds. The third-order valence-corrected chi connectivity index (χ3v) is 13.3. The Bertz CT molecular complexity index is 3370. The van der Waals surface area contributed by atoms with Gasteiger partial charge in [-0.2, -0.15) is 0 Å². The van der Waals surface area contributed by atoms with Gasteiger partial charge in [-0.05, 0) is 106 Å². The van der Waals surface area contributed by atoms with Crippen molar-refractivity contribution in [1.82, 2.24) is 9.13 Å². The fourth-order valence-electron chi connectivity index (χ4n) is 9.55. The van der Waals surface area contributed by atoms with Gasteiger partial charge >= 0.3 is 0 Å². The number of para-hydroxylation sites is 2. The Kier molecular flexibility index (Phi) is 6.03. The summed E-state index contributed by atoms with van der Waals surface area (Å²) in [4.78, 5) is 0. The highest BCUT2D eigenvalue weighted by molar-refractivity contribution is 7.25. The van der Waals surface area contributed by atoms with Gasteiger partial charge in [-0.15, -0.1) is 11.3 Å². The van der Waals surface area contributed by atoms with Crippen LogP contribution in [0.3, 0.4) is 0 Å². The van der Waals surface area contributed by atoms with E-state index in [0.717, 1.165) is 0 Å². The second-order valence-corrected chi connectivity index (χ2v) is 16.4. The lowest BCUT2D eigenvalue weighted by Gasteiger charge is -2.22. The second-order valence-electron chi connectivity index (χ2n) is 15.3. The maximum Gasteiger partial charge on any atom is 0.0541 e.